The molecule has 3 heterocycles. The first-order valence-corrected chi connectivity index (χ1v) is 11.1. The third-order valence-electron chi connectivity index (χ3n) is 3.80. The third kappa shape index (κ3) is 9.18. The number of nitrogens with two attached hydrogens (primary N) is 2. The van der Waals surface area contributed by atoms with Crippen LogP contribution in [0.25, 0.3) is 0 Å². The molecule has 0 saturated heterocycles. The zero-order chi connectivity index (χ0) is 23.5. The van der Waals surface area contributed by atoms with Crippen LogP contribution < -0.4 is 37.0 Å². The molecule has 0 fully saturated rings. The van der Waals surface area contributed by atoms with Gasteiger partial charge in [0.15, 0.2) is 12.0 Å². The molecule has 0 unspecified atom stereocenters. The number of rotatable bonds is 5. The van der Waals surface area contributed by atoms with E-state index < -0.39 is 50.7 Å². The smallest absolute Gasteiger partial charge is 0.857 e. The van der Waals surface area contributed by atoms with Crippen molar-refractivity contribution in [1.82, 2.24) is 9.97 Å². The number of carbonyl (C=O) groups is 1. The van der Waals surface area contributed by atoms with Crippen LogP contribution in [0.4, 0.5) is 17.5 Å². The van der Waals surface area contributed by atoms with Crippen molar-refractivity contribution in [3.05, 3.63) is 9.81 Å². The van der Waals surface area contributed by atoms with Crippen LogP contribution in [-0.2, 0) is 64.9 Å². The average Bonchev–Trinajstić information content (AvgIpc) is 2.67. The number of phosphoric acid groups is 1. The minimum absolute atomic E-state index is 0. The van der Waals surface area contributed by atoms with E-state index in [2.05, 4.69) is 37.8 Å². The number of thiol groups is 1. The van der Waals surface area contributed by atoms with E-state index in [0.29, 0.717) is 0 Å². The molecule has 3 rings (SSSR count). The Morgan fingerprint density at radius 3 is 2.35 bits per heavy atom. The number of aromatic nitrogens is 2. The van der Waals surface area contributed by atoms with Gasteiger partial charge in [-0.25, -0.2) is 4.98 Å². The van der Waals surface area contributed by atoms with Gasteiger partial charge < -0.3 is 92.1 Å². The largest absolute Gasteiger partial charge is 3.00 e. The Kier molecular flexibility index (Phi) is 14.9. The number of hydrogen-bond donors (Lipinski definition) is 6. The Morgan fingerprint density at radius 1 is 1.29 bits per heavy atom. The zero-order valence-corrected chi connectivity index (χ0v) is 22.1. The third-order valence-corrected chi connectivity index (χ3v) is 5.75. The second kappa shape index (κ2) is 14.5. The molecule has 4 atom stereocenters. The first-order valence-electron chi connectivity index (χ1n) is 8.21. The van der Waals surface area contributed by atoms with E-state index in [4.69, 9.17) is 46.6 Å². The van der Waals surface area contributed by atoms with E-state index >= 15 is 0 Å². The van der Waals surface area contributed by atoms with Gasteiger partial charge in [-0.3, -0.25) is 4.79 Å². The maximum absolute atomic E-state index is 11.9. The van der Waals surface area contributed by atoms with Gasteiger partial charge in [-0.05, 0) is 0 Å². The van der Waals surface area contributed by atoms with Crippen molar-refractivity contribution < 1.29 is 70.6 Å². The number of carboxylic acids is 1. The fourth-order valence-electron chi connectivity index (χ4n) is 2.36. The molecule has 0 aliphatic carbocycles. The van der Waals surface area contributed by atoms with Crippen LogP contribution in [0.3, 0.4) is 0 Å². The predicted octanol–water partition coefficient (Wildman–Crippen LogP) is -5.11. The van der Waals surface area contributed by atoms with Crippen LogP contribution in [0.15, 0.2) is 9.81 Å². The van der Waals surface area contributed by atoms with Crippen molar-refractivity contribution in [2.75, 3.05) is 28.7 Å². The van der Waals surface area contributed by atoms with Gasteiger partial charge in [0.25, 0.3) is 0 Å². The van der Waals surface area contributed by atoms with Crippen molar-refractivity contribution in [3.63, 3.8) is 0 Å². The molecule has 193 valence electrons. The molecule has 0 aromatic carbocycles. The number of nitrogens with zero attached hydrogens (tertiary/aromatic N) is 2. The predicted molar refractivity (Wildman–Crippen MR) is 118 cm³/mol. The van der Waals surface area contributed by atoms with Gasteiger partial charge in [0.2, 0.25) is 5.95 Å². The molecule has 16 nitrogen and oxygen atoms in total. The molecule has 34 heavy (non-hydrogen) atoms. The first kappa shape index (κ1) is 35.1. The molecule has 0 bridgehead atoms. The number of ether oxygens (including phenoxy) is 1. The fourth-order valence-corrected chi connectivity index (χ4v) is 3.40. The quantitative estimate of drug-likeness (QED) is 0.0756. The number of hydrogen-bond acceptors (Lipinski definition) is 16. The number of aliphatic carboxylic acids is 1. The van der Waals surface area contributed by atoms with Gasteiger partial charge in [0.05, 0.1) is 32.3 Å². The van der Waals surface area contributed by atoms with Crippen molar-refractivity contribution in [1.29, 1.82) is 0 Å². The molecule has 2 aliphatic heterocycles. The van der Waals surface area contributed by atoms with E-state index in [1.165, 1.54) is 0 Å². The fraction of sp³-hybridized carbons (Fsp3) is 0.462. The van der Waals surface area contributed by atoms with Gasteiger partial charge in [0, 0.05) is 11.6 Å². The number of fused-ring (bicyclic) bond motifs is 2. The summed E-state index contributed by atoms with van der Waals surface area (Å²) >= 11 is 14.0. The zero-order valence-electron chi connectivity index (χ0n) is 16.7. The Hall–Kier alpha value is -1.08. The molecule has 0 saturated carbocycles. The Balaban J connectivity index is 0. The van der Waals surface area contributed by atoms with Gasteiger partial charge in [-0.15, -0.1) is 0 Å². The Bertz CT molecular complexity index is 928. The SMILES string of the molecule is N[C@@H](CS)C(=O)O.Nc1nc([O-])c2c(n1)N[C@@H]1O[C@H](COP(=O)([O-])[O-])C([S-])=C([S-])[C@@H]1N2.O.O.[Mo+3]. The minimum atomic E-state index is -5.18. The first-order chi connectivity index (χ1) is 14.3. The number of nitrogen functional groups attached to an aromatic ring is 1. The van der Waals surface area contributed by atoms with E-state index in [1.807, 2.05) is 0 Å². The van der Waals surface area contributed by atoms with Gasteiger partial charge in [-0.1, -0.05) is 0 Å². The summed E-state index contributed by atoms with van der Waals surface area (Å²) in [5.41, 5.74) is 10.4. The molecule has 0 amide bonds. The van der Waals surface area contributed by atoms with E-state index in [1.54, 1.807) is 0 Å². The topological polar surface area (TPSA) is 307 Å². The Labute approximate surface area is 223 Å². The van der Waals surface area contributed by atoms with Crippen LogP contribution in [0.2, 0.25) is 0 Å². The molecule has 1 aromatic heterocycles. The Morgan fingerprint density at radius 2 is 1.88 bits per heavy atom. The molecule has 2 aliphatic rings. The molecule has 0 spiro atoms. The van der Waals surface area contributed by atoms with Crippen molar-refractivity contribution in [2.45, 2.75) is 24.4 Å². The van der Waals surface area contributed by atoms with Crippen LogP contribution in [0.1, 0.15) is 0 Å². The van der Waals surface area contributed by atoms with Crippen molar-refractivity contribution >= 4 is 69.1 Å². The summed E-state index contributed by atoms with van der Waals surface area (Å²) in [5.74, 6) is -1.55. The molecular formula is C13H20MoN6O10PS3-2. The molecule has 11 N–H and O–H groups in total. The number of carboxylic acid groups (broad SMARTS) is 1. The van der Waals surface area contributed by atoms with E-state index in [-0.39, 0.29) is 65.0 Å². The average molecular weight is 643 g/mol. The standard InChI is InChI=1S/C10H14N5O6PS2.C3H7NO2S.Mo.2H2O/c11-10-14-7-4(8(16)15-10)12-3-6(24)5(23)2(21-9(3)13-7)1-20-22(17,18)19;4-2(1-7)3(5)6;;;/h2-3,9,12,23-24H,1H2,(H2,17,18,19)(H4,11,13,14,15,16);2,7H,1,4H2,(H,5,6);;2*1H2/q;;+3;;/p-5/t2-,3+,9-;2-;;;/m10.../s1. The summed E-state index contributed by atoms with van der Waals surface area (Å²) in [6.45, 7) is -0.597. The van der Waals surface area contributed by atoms with Gasteiger partial charge >= 0.3 is 27.0 Å². The molecule has 1 aromatic rings. The summed E-state index contributed by atoms with van der Waals surface area (Å²) in [4.78, 5) is 38.7. The molecule has 21 heteroatoms. The van der Waals surface area contributed by atoms with Crippen LogP contribution in [-0.4, -0.2) is 68.8 Å². The van der Waals surface area contributed by atoms with Crippen LogP contribution in [0.5, 0.6) is 5.88 Å². The maximum atomic E-state index is 11.9. The normalized spacial score (nSPS) is 21.2. The summed E-state index contributed by atoms with van der Waals surface area (Å²) in [7, 11) is -5.18. The van der Waals surface area contributed by atoms with Gasteiger partial charge in [-0.2, -0.15) is 27.4 Å². The maximum Gasteiger partial charge on any atom is 3.00 e. The van der Waals surface area contributed by atoms with E-state index in [0.717, 1.165) is 0 Å². The number of nitrogens with one attached hydrogen (secondary N) is 2. The molecular weight excluding hydrogens is 623 g/mol. The summed E-state index contributed by atoms with van der Waals surface area (Å²) in [6, 6.07) is -1.49. The second-order valence-corrected chi connectivity index (χ2v) is 8.42. The monoisotopic (exact) mass is 645 g/mol. The summed E-state index contributed by atoms with van der Waals surface area (Å²) < 4.78 is 20.4. The van der Waals surface area contributed by atoms with Gasteiger partial charge in [0.1, 0.15) is 6.04 Å². The summed E-state index contributed by atoms with van der Waals surface area (Å²) in [6.07, 6.45) is -1.84. The van der Waals surface area contributed by atoms with Crippen LogP contribution in [0, 0.1) is 0 Å². The molecule has 1 radical (unpaired) electrons. The second-order valence-electron chi connectivity index (χ2n) is 6.02. The number of anilines is 3. The van der Waals surface area contributed by atoms with Crippen molar-refractivity contribution in [3.8, 4) is 5.88 Å². The van der Waals surface area contributed by atoms with Crippen LogP contribution >= 0.6 is 20.5 Å². The number of phosphoric ester groups is 1. The minimum Gasteiger partial charge on any atom is -0.857 e. The summed E-state index contributed by atoms with van der Waals surface area (Å²) in [5, 5.41) is 25.5. The van der Waals surface area contributed by atoms with Crippen molar-refractivity contribution in [2.24, 2.45) is 5.73 Å². The van der Waals surface area contributed by atoms with E-state index in [9.17, 15) is 24.3 Å².